The molecule has 1 aromatic rings. The third-order valence-electron chi connectivity index (χ3n) is 4.01. The Morgan fingerprint density at radius 3 is 2.65 bits per heavy atom. The second-order valence-electron chi connectivity index (χ2n) is 5.80. The second-order valence-corrected chi connectivity index (χ2v) is 5.80. The molecule has 6 heteroatoms. The van der Waals surface area contributed by atoms with E-state index in [-0.39, 0.29) is 30.1 Å². The number of anilines is 1. The molecule has 1 aromatic carbocycles. The summed E-state index contributed by atoms with van der Waals surface area (Å²) in [6.45, 7) is 1.15. The van der Waals surface area contributed by atoms with Gasteiger partial charge in [-0.2, -0.15) is 0 Å². The summed E-state index contributed by atoms with van der Waals surface area (Å²) in [6.07, 6.45) is 4.75. The molecule has 0 bridgehead atoms. The maximum Gasteiger partial charge on any atom is 0.227 e. The number of hydrogen-bond acceptors (Lipinski definition) is 3. The summed E-state index contributed by atoms with van der Waals surface area (Å²) in [6, 6.07) is 7.66. The zero-order chi connectivity index (χ0) is 15.8. The minimum atomic E-state index is 0. The molecule has 0 atom stereocenters. The van der Waals surface area contributed by atoms with Crippen molar-refractivity contribution in [3.05, 3.63) is 29.8 Å². The van der Waals surface area contributed by atoms with Gasteiger partial charge < -0.3 is 16.0 Å². The van der Waals surface area contributed by atoms with Gasteiger partial charge in [-0.1, -0.05) is 25.0 Å². The van der Waals surface area contributed by atoms with Crippen LogP contribution in [0.4, 0.5) is 5.69 Å². The minimum absolute atomic E-state index is 0. The molecule has 1 aliphatic carbocycles. The highest BCUT2D eigenvalue weighted by molar-refractivity contribution is 5.92. The van der Waals surface area contributed by atoms with Crippen LogP contribution in [0, 0.1) is 5.92 Å². The van der Waals surface area contributed by atoms with Gasteiger partial charge in [-0.3, -0.25) is 9.59 Å². The summed E-state index contributed by atoms with van der Waals surface area (Å²) in [5.74, 6) is 0.298. The lowest BCUT2D eigenvalue weighted by Gasteiger charge is -2.12. The van der Waals surface area contributed by atoms with Crippen LogP contribution in [0.3, 0.4) is 0 Å². The summed E-state index contributed by atoms with van der Waals surface area (Å²) >= 11 is 0. The molecule has 2 rings (SSSR count). The van der Waals surface area contributed by atoms with Gasteiger partial charge in [0.25, 0.3) is 0 Å². The van der Waals surface area contributed by atoms with Crippen molar-refractivity contribution < 1.29 is 9.59 Å². The predicted molar refractivity (Wildman–Crippen MR) is 94.7 cm³/mol. The highest BCUT2D eigenvalue weighted by Gasteiger charge is 2.22. The van der Waals surface area contributed by atoms with Crippen molar-refractivity contribution in [1.29, 1.82) is 0 Å². The zero-order valence-electron chi connectivity index (χ0n) is 13.6. The van der Waals surface area contributed by atoms with Crippen LogP contribution in [-0.4, -0.2) is 25.4 Å². The number of nitrogens with one attached hydrogen (secondary N) is 3. The van der Waals surface area contributed by atoms with Crippen LogP contribution in [0.25, 0.3) is 0 Å². The Morgan fingerprint density at radius 1 is 1.22 bits per heavy atom. The number of rotatable bonds is 7. The average molecular weight is 340 g/mol. The summed E-state index contributed by atoms with van der Waals surface area (Å²) in [4.78, 5) is 23.7. The van der Waals surface area contributed by atoms with Crippen molar-refractivity contribution in [3.63, 3.8) is 0 Å². The highest BCUT2D eigenvalue weighted by atomic mass is 35.5. The number of carbonyl (C=O) groups is 2. The molecule has 0 aromatic heterocycles. The Hall–Kier alpha value is -1.59. The van der Waals surface area contributed by atoms with E-state index in [4.69, 9.17) is 0 Å². The molecule has 0 radical (unpaired) electrons. The third-order valence-corrected chi connectivity index (χ3v) is 4.01. The van der Waals surface area contributed by atoms with Crippen molar-refractivity contribution in [3.8, 4) is 0 Å². The fourth-order valence-corrected chi connectivity index (χ4v) is 2.72. The van der Waals surface area contributed by atoms with E-state index < -0.39 is 0 Å². The zero-order valence-corrected chi connectivity index (χ0v) is 14.4. The number of hydrogen-bond donors (Lipinski definition) is 3. The standard InChI is InChI=1S/C17H25N3O2.ClH/c1-18-10-9-16(21)19-12-13-5-4-8-15(11-13)20-17(22)14-6-2-3-7-14;/h4-5,8,11,14,18H,2-3,6-7,9-10,12H2,1H3,(H,19,21)(H,20,22);1H. The minimum Gasteiger partial charge on any atom is -0.352 e. The molecule has 1 fully saturated rings. The van der Waals surface area contributed by atoms with Gasteiger partial charge in [-0.15, -0.1) is 12.4 Å². The molecule has 128 valence electrons. The highest BCUT2D eigenvalue weighted by Crippen LogP contribution is 2.26. The van der Waals surface area contributed by atoms with Gasteiger partial charge in [0.2, 0.25) is 11.8 Å². The van der Waals surface area contributed by atoms with Crippen LogP contribution in [0.2, 0.25) is 0 Å². The molecule has 3 N–H and O–H groups in total. The first-order chi connectivity index (χ1) is 10.7. The van der Waals surface area contributed by atoms with E-state index in [1.54, 1.807) is 0 Å². The van der Waals surface area contributed by atoms with Gasteiger partial charge in [0.05, 0.1) is 0 Å². The van der Waals surface area contributed by atoms with Crippen molar-refractivity contribution in [2.24, 2.45) is 5.92 Å². The van der Waals surface area contributed by atoms with Crippen LogP contribution < -0.4 is 16.0 Å². The van der Waals surface area contributed by atoms with Gasteiger partial charge in [0.1, 0.15) is 0 Å². The Balaban J connectivity index is 0.00000264. The van der Waals surface area contributed by atoms with Crippen LogP contribution >= 0.6 is 12.4 Å². The first kappa shape index (κ1) is 19.5. The lowest BCUT2D eigenvalue weighted by molar-refractivity contribution is -0.121. The normalized spacial score (nSPS) is 14.1. The molecule has 0 heterocycles. The number of halogens is 1. The summed E-state index contributed by atoms with van der Waals surface area (Å²) in [5, 5.41) is 8.81. The molecule has 0 spiro atoms. The molecule has 1 saturated carbocycles. The first-order valence-electron chi connectivity index (χ1n) is 8.00. The van der Waals surface area contributed by atoms with Crippen molar-refractivity contribution in [1.82, 2.24) is 10.6 Å². The Kier molecular flexibility index (Phi) is 8.66. The van der Waals surface area contributed by atoms with Crippen molar-refractivity contribution in [2.75, 3.05) is 18.9 Å². The maximum atomic E-state index is 12.1. The molecule has 0 aliphatic heterocycles. The fraction of sp³-hybridized carbons (Fsp3) is 0.529. The van der Waals surface area contributed by atoms with E-state index in [1.807, 2.05) is 31.3 Å². The molecule has 5 nitrogen and oxygen atoms in total. The van der Waals surface area contributed by atoms with E-state index in [0.717, 1.165) is 36.9 Å². The van der Waals surface area contributed by atoms with Gasteiger partial charge in [-0.25, -0.2) is 0 Å². The molecule has 2 amide bonds. The SMILES string of the molecule is CNCCC(=O)NCc1cccc(NC(=O)C2CCCC2)c1.Cl. The molecule has 23 heavy (non-hydrogen) atoms. The van der Waals surface area contributed by atoms with Gasteiger partial charge >= 0.3 is 0 Å². The molecule has 1 aliphatic rings. The van der Waals surface area contributed by atoms with Gasteiger partial charge in [-0.05, 0) is 37.6 Å². The summed E-state index contributed by atoms with van der Waals surface area (Å²) < 4.78 is 0. The van der Waals surface area contributed by atoms with E-state index in [0.29, 0.717) is 19.5 Å². The van der Waals surface area contributed by atoms with E-state index in [2.05, 4.69) is 16.0 Å². The van der Waals surface area contributed by atoms with Crippen LogP contribution in [0.15, 0.2) is 24.3 Å². The Bertz CT molecular complexity index is 516. The number of carbonyl (C=O) groups excluding carboxylic acids is 2. The van der Waals surface area contributed by atoms with Crippen LogP contribution in [-0.2, 0) is 16.1 Å². The lowest BCUT2D eigenvalue weighted by Crippen LogP contribution is -2.26. The van der Waals surface area contributed by atoms with Crippen molar-refractivity contribution in [2.45, 2.75) is 38.6 Å². The van der Waals surface area contributed by atoms with Crippen LogP contribution in [0.5, 0.6) is 0 Å². The quantitative estimate of drug-likeness (QED) is 0.714. The first-order valence-corrected chi connectivity index (χ1v) is 8.00. The van der Waals surface area contributed by atoms with E-state index in [9.17, 15) is 9.59 Å². The molecular formula is C17H26ClN3O2. The monoisotopic (exact) mass is 339 g/mol. The summed E-state index contributed by atoms with van der Waals surface area (Å²) in [5.41, 5.74) is 1.79. The largest absolute Gasteiger partial charge is 0.352 e. The van der Waals surface area contributed by atoms with E-state index >= 15 is 0 Å². The topological polar surface area (TPSA) is 70.2 Å². The Labute approximate surface area is 144 Å². The molecule has 0 unspecified atom stereocenters. The number of amides is 2. The fourth-order valence-electron chi connectivity index (χ4n) is 2.72. The van der Waals surface area contributed by atoms with Gasteiger partial charge in [0.15, 0.2) is 0 Å². The molecule has 0 saturated heterocycles. The second kappa shape index (κ2) is 10.2. The van der Waals surface area contributed by atoms with E-state index in [1.165, 1.54) is 0 Å². The maximum absolute atomic E-state index is 12.1. The summed E-state index contributed by atoms with van der Waals surface area (Å²) in [7, 11) is 1.82. The van der Waals surface area contributed by atoms with Crippen molar-refractivity contribution >= 4 is 29.9 Å². The number of benzene rings is 1. The predicted octanol–water partition coefficient (Wildman–Crippen LogP) is 2.46. The van der Waals surface area contributed by atoms with Gasteiger partial charge in [0, 0.05) is 31.1 Å². The average Bonchev–Trinajstić information content (AvgIpc) is 3.06. The molecular weight excluding hydrogens is 314 g/mol. The third kappa shape index (κ3) is 6.59. The Morgan fingerprint density at radius 2 is 1.96 bits per heavy atom. The lowest BCUT2D eigenvalue weighted by atomic mass is 10.1. The smallest absolute Gasteiger partial charge is 0.227 e. The van der Waals surface area contributed by atoms with Crippen LogP contribution in [0.1, 0.15) is 37.7 Å².